The Bertz CT molecular complexity index is 834. The topological polar surface area (TPSA) is 56.0 Å². The van der Waals surface area contributed by atoms with Crippen LogP contribution in [0.1, 0.15) is 17.3 Å². The molecule has 0 radical (unpaired) electrons. The zero-order chi connectivity index (χ0) is 16.4. The molecule has 0 amide bonds. The predicted molar refractivity (Wildman–Crippen MR) is 83.6 cm³/mol. The molecule has 4 nitrogen and oxygen atoms in total. The van der Waals surface area contributed by atoms with Gasteiger partial charge < -0.3 is 4.42 Å². The van der Waals surface area contributed by atoms with Crippen molar-refractivity contribution in [3.05, 3.63) is 52.9 Å². The fraction of sp³-hybridized carbons (Fsp3) is 0.133. The molecular weight excluding hydrogens is 342 g/mol. The van der Waals surface area contributed by atoms with Gasteiger partial charge in [0.05, 0.1) is 10.1 Å². The normalized spacial score (nSPS) is 12.3. The van der Waals surface area contributed by atoms with E-state index in [0.29, 0.717) is 5.89 Å². The van der Waals surface area contributed by atoms with E-state index in [9.17, 15) is 13.6 Å². The maximum absolute atomic E-state index is 13.2. The summed E-state index contributed by atoms with van der Waals surface area (Å²) in [5.41, 5.74) is 0.0990. The number of rotatable bonds is 5. The van der Waals surface area contributed by atoms with E-state index in [2.05, 4.69) is 10.2 Å². The summed E-state index contributed by atoms with van der Waals surface area (Å²) in [7, 11) is 0. The number of halogens is 2. The van der Waals surface area contributed by atoms with Crippen LogP contribution in [-0.4, -0.2) is 21.2 Å². The second kappa shape index (κ2) is 6.59. The zero-order valence-corrected chi connectivity index (χ0v) is 13.5. The van der Waals surface area contributed by atoms with Crippen LogP contribution in [0.15, 0.2) is 45.4 Å². The third-order valence-corrected chi connectivity index (χ3v) is 4.78. The number of benzene rings is 1. The summed E-state index contributed by atoms with van der Waals surface area (Å²) < 4.78 is 31.6. The molecule has 0 saturated heterocycles. The summed E-state index contributed by atoms with van der Waals surface area (Å²) in [6.45, 7) is 1.64. The van der Waals surface area contributed by atoms with Gasteiger partial charge in [-0.3, -0.25) is 4.79 Å². The second-order valence-corrected chi connectivity index (χ2v) is 6.84. The molecular formula is C15H10F2N2O2S2. The first-order chi connectivity index (χ1) is 11.0. The van der Waals surface area contributed by atoms with Crippen molar-refractivity contribution in [2.24, 2.45) is 0 Å². The quantitative estimate of drug-likeness (QED) is 0.502. The minimum Gasteiger partial charge on any atom is -0.410 e. The van der Waals surface area contributed by atoms with E-state index in [1.165, 1.54) is 17.4 Å². The van der Waals surface area contributed by atoms with Gasteiger partial charge in [-0.05, 0) is 36.6 Å². The van der Waals surface area contributed by atoms with Crippen LogP contribution in [0, 0.1) is 11.6 Å². The molecule has 23 heavy (non-hydrogen) atoms. The highest BCUT2D eigenvalue weighted by atomic mass is 32.2. The van der Waals surface area contributed by atoms with E-state index >= 15 is 0 Å². The van der Waals surface area contributed by atoms with Crippen LogP contribution in [0.4, 0.5) is 8.78 Å². The van der Waals surface area contributed by atoms with Crippen molar-refractivity contribution in [1.82, 2.24) is 10.2 Å². The van der Waals surface area contributed by atoms with Gasteiger partial charge in [0, 0.05) is 5.56 Å². The number of aromatic nitrogens is 2. The number of hydrogen-bond acceptors (Lipinski definition) is 6. The number of thiophene rings is 1. The highest BCUT2D eigenvalue weighted by Crippen LogP contribution is 2.29. The summed E-state index contributed by atoms with van der Waals surface area (Å²) in [5.74, 6) is -2.00. The summed E-state index contributed by atoms with van der Waals surface area (Å²) in [6.07, 6.45) is 0. The highest BCUT2D eigenvalue weighted by Gasteiger charge is 2.21. The fourth-order valence-electron chi connectivity index (χ4n) is 1.85. The van der Waals surface area contributed by atoms with E-state index in [0.717, 1.165) is 28.8 Å². The van der Waals surface area contributed by atoms with Gasteiger partial charge in [-0.1, -0.05) is 17.8 Å². The molecule has 0 unspecified atom stereocenters. The first-order valence-electron chi connectivity index (χ1n) is 6.58. The van der Waals surface area contributed by atoms with Gasteiger partial charge in [0.25, 0.3) is 11.1 Å². The Morgan fingerprint density at radius 2 is 2.09 bits per heavy atom. The number of thioether (sulfide) groups is 1. The number of nitrogens with zero attached hydrogens (tertiary/aromatic N) is 2. The van der Waals surface area contributed by atoms with Gasteiger partial charge in [-0.15, -0.1) is 21.5 Å². The lowest BCUT2D eigenvalue weighted by atomic mass is 10.1. The average molecular weight is 352 g/mol. The third-order valence-electron chi connectivity index (χ3n) is 2.99. The smallest absolute Gasteiger partial charge is 0.277 e. The SMILES string of the molecule is C[C@H](Sc1nnc(-c2cccs2)o1)C(=O)c1ccc(F)c(F)c1. The lowest BCUT2D eigenvalue weighted by molar-refractivity contribution is 0.0993. The molecule has 2 heterocycles. The highest BCUT2D eigenvalue weighted by molar-refractivity contribution is 8.00. The summed E-state index contributed by atoms with van der Waals surface area (Å²) in [5, 5.41) is 9.37. The minimum atomic E-state index is -1.05. The lowest BCUT2D eigenvalue weighted by Gasteiger charge is -2.07. The monoisotopic (exact) mass is 352 g/mol. The minimum absolute atomic E-state index is 0.0990. The summed E-state index contributed by atoms with van der Waals surface area (Å²) in [4.78, 5) is 13.1. The number of Topliss-reactive ketones (excluding diaryl/α,β-unsaturated/α-hetero) is 1. The Kier molecular flexibility index (Phi) is 4.53. The van der Waals surface area contributed by atoms with Gasteiger partial charge in [0.15, 0.2) is 17.4 Å². The van der Waals surface area contributed by atoms with Gasteiger partial charge in [0.1, 0.15) is 0 Å². The van der Waals surface area contributed by atoms with E-state index in [4.69, 9.17) is 4.42 Å². The number of hydrogen-bond donors (Lipinski definition) is 0. The molecule has 0 aliphatic carbocycles. The molecule has 0 N–H and O–H groups in total. The first-order valence-corrected chi connectivity index (χ1v) is 8.34. The van der Waals surface area contributed by atoms with Crippen molar-refractivity contribution in [3.8, 4) is 10.8 Å². The Morgan fingerprint density at radius 3 is 2.78 bits per heavy atom. The first kappa shape index (κ1) is 15.8. The maximum atomic E-state index is 13.2. The van der Waals surface area contributed by atoms with E-state index in [1.807, 2.05) is 17.5 Å². The van der Waals surface area contributed by atoms with Crippen LogP contribution in [0.5, 0.6) is 0 Å². The second-order valence-electron chi connectivity index (χ2n) is 4.60. The Balaban J connectivity index is 1.72. The zero-order valence-electron chi connectivity index (χ0n) is 11.8. The van der Waals surface area contributed by atoms with E-state index in [1.54, 1.807) is 6.92 Å². The van der Waals surface area contributed by atoms with Crippen molar-refractivity contribution < 1.29 is 18.0 Å². The van der Waals surface area contributed by atoms with Crippen molar-refractivity contribution in [2.75, 3.05) is 0 Å². The number of ketones is 1. The van der Waals surface area contributed by atoms with Crippen LogP contribution in [0.2, 0.25) is 0 Å². The molecule has 8 heteroatoms. The van der Waals surface area contributed by atoms with Crippen LogP contribution in [-0.2, 0) is 0 Å². The van der Waals surface area contributed by atoms with Crippen LogP contribution < -0.4 is 0 Å². The van der Waals surface area contributed by atoms with Gasteiger partial charge in [0.2, 0.25) is 0 Å². The molecule has 0 spiro atoms. The van der Waals surface area contributed by atoms with E-state index in [-0.39, 0.29) is 16.6 Å². The van der Waals surface area contributed by atoms with Crippen molar-refractivity contribution in [2.45, 2.75) is 17.4 Å². The lowest BCUT2D eigenvalue weighted by Crippen LogP contribution is -2.14. The molecule has 0 saturated carbocycles. The van der Waals surface area contributed by atoms with Crippen molar-refractivity contribution in [3.63, 3.8) is 0 Å². The predicted octanol–water partition coefficient (Wildman–Crippen LogP) is 4.44. The Hall–Kier alpha value is -2.06. The molecule has 1 atom stereocenters. The molecule has 2 aromatic heterocycles. The Labute approximate surface area is 138 Å². The third kappa shape index (κ3) is 3.48. The van der Waals surface area contributed by atoms with Crippen LogP contribution >= 0.6 is 23.1 Å². The van der Waals surface area contributed by atoms with Gasteiger partial charge in [-0.2, -0.15) is 0 Å². The average Bonchev–Trinajstić information content (AvgIpc) is 3.20. The molecule has 1 aromatic carbocycles. The molecule has 3 aromatic rings. The standard InChI is InChI=1S/C15H10F2N2O2S2/c1-8(13(20)9-4-5-10(16)11(17)7-9)23-15-19-18-14(21-15)12-3-2-6-22-12/h2-8H,1H3/t8-/m0/s1. The van der Waals surface area contributed by atoms with Crippen molar-refractivity contribution in [1.29, 1.82) is 0 Å². The molecule has 0 fully saturated rings. The molecule has 118 valence electrons. The molecule has 3 rings (SSSR count). The molecule has 0 aliphatic heterocycles. The van der Waals surface area contributed by atoms with E-state index < -0.39 is 16.9 Å². The summed E-state index contributed by atoms with van der Waals surface area (Å²) in [6, 6.07) is 6.79. The van der Waals surface area contributed by atoms with Crippen molar-refractivity contribution >= 4 is 28.9 Å². The van der Waals surface area contributed by atoms with Gasteiger partial charge in [-0.25, -0.2) is 8.78 Å². The molecule has 0 bridgehead atoms. The van der Waals surface area contributed by atoms with Crippen LogP contribution in [0.25, 0.3) is 10.8 Å². The van der Waals surface area contributed by atoms with Gasteiger partial charge >= 0.3 is 0 Å². The fourth-order valence-corrected chi connectivity index (χ4v) is 3.25. The number of carbonyl (C=O) groups is 1. The van der Waals surface area contributed by atoms with Crippen LogP contribution in [0.3, 0.4) is 0 Å². The number of carbonyl (C=O) groups excluding carboxylic acids is 1. The summed E-state index contributed by atoms with van der Waals surface area (Å²) >= 11 is 2.54. The molecule has 0 aliphatic rings. The largest absolute Gasteiger partial charge is 0.410 e. The maximum Gasteiger partial charge on any atom is 0.277 e. The Morgan fingerprint density at radius 1 is 1.26 bits per heavy atom.